The first-order chi connectivity index (χ1) is 11.3. The fourth-order valence-electron chi connectivity index (χ4n) is 2.13. The highest BCUT2D eigenvalue weighted by molar-refractivity contribution is 5.81. The highest BCUT2D eigenvalue weighted by atomic mass is 16.6. The van der Waals surface area contributed by atoms with Crippen molar-refractivity contribution in [1.82, 2.24) is 15.5 Å². The van der Waals surface area contributed by atoms with E-state index in [2.05, 4.69) is 20.4 Å². The van der Waals surface area contributed by atoms with Crippen LogP contribution in [-0.2, 0) is 11.2 Å². The van der Waals surface area contributed by atoms with Gasteiger partial charge < -0.3 is 20.3 Å². The van der Waals surface area contributed by atoms with Gasteiger partial charge in [0.05, 0.1) is 12.6 Å². The summed E-state index contributed by atoms with van der Waals surface area (Å²) in [5.41, 5.74) is 6.64. The lowest BCUT2D eigenvalue weighted by Crippen LogP contribution is -2.33. The highest BCUT2D eigenvalue weighted by Crippen LogP contribution is 2.15. The molecule has 0 saturated heterocycles. The molecule has 0 spiro atoms. The molecular weight excluding hydrogens is 310 g/mol. The van der Waals surface area contributed by atoms with Crippen LogP contribution in [-0.4, -0.2) is 41.1 Å². The van der Waals surface area contributed by atoms with E-state index in [-0.39, 0.29) is 6.04 Å². The largest absolute Gasteiger partial charge is 0.444 e. The van der Waals surface area contributed by atoms with Crippen LogP contribution in [0.1, 0.15) is 51.4 Å². The zero-order valence-electron chi connectivity index (χ0n) is 14.4. The van der Waals surface area contributed by atoms with E-state index < -0.39 is 11.7 Å². The lowest BCUT2D eigenvalue weighted by Gasteiger charge is -2.19. The Morgan fingerprint density at radius 2 is 2.29 bits per heavy atom. The fourth-order valence-corrected chi connectivity index (χ4v) is 2.13. The molecule has 0 saturated carbocycles. The maximum atomic E-state index is 11.5. The molecule has 1 amide bonds. The Bertz CT molecular complexity index is 615. The standard InChI is InChI=1S/C16H25N5O3/c1-16(2,3)23-15(22)19-7-4-5-12(17)14-20-13(21-24-14)9-11-6-8-18-10-11/h6,10,12H,4-5,7-9,17H2,1-3H3,(H,19,22). The molecule has 24 heavy (non-hydrogen) atoms. The first-order valence-corrected chi connectivity index (χ1v) is 8.07. The van der Waals surface area contributed by atoms with Crippen molar-refractivity contribution in [2.75, 3.05) is 13.1 Å². The Kier molecular flexibility index (Phi) is 6.08. The van der Waals surface area contributed by atoms with Gasteiger partial charge >= 0.3 is 6.09 Å². The minimum atomic E-state index is -0.500. The van der Waals surface area contributed by atoms with Gasteiger partial charge in [-0.15, -0.1) is 0 Å². The van der Waals surface area contributed by atoms with Crippen LogP contribution in [0.5, 0.6) is 0 Å². The number of hydrogen-bond acceptors (Lipinski definition) is 7. The maximum Gasteiger partial charge on any atom is 0.407 e. The molecule has 1 aromatic rings. The van der Waals surface area contributed by atoms with E-state index >= 15 is 0 Å². The van der Waals surface area contributed by atoms with Gasteiger partial charge in [0.1, 0.15) is 5.60 Å². The molecule has 1 atom stereocenters. The summed E-state index contributed by atoms with van der Waals surface area (Å²) in [6, 6.07) is -0.349. The number of nitrogens with zero attached hydrogens (tertiary/aromatic N) is 3. The molecule has 1 unspecified atom stereocenters. The molecule has 1 aliphatic rings. The SMILES string of the molecule is CC(C)(C)OC(=O)NCCCC(N)c1nc(CC2=CCN=C2)no1. The normalized spacial score (nSPS) is 15.2. The zero-order valence-corrected chi connectivity index (χ0v) is 14.4. The minimum Gasteiger partial charge on any atom is -0.444 e. The number of ether oxygens (including phenoxy) is 1. The van der Waals surface area contributed by atoms with Gasteiger partial charge in [-0.2, -0.15) is 4.98 Å². The number of aromatic nitrogens is 2. The summed E-state index contributed by atoms with van der Waals surface area (Å²) in [5, 5.41) is 6.63. The molecule has 0 radical (unpaired) electrons. The van der Waals surface area contributed by atoms with Gasteiger partial charge in [-0.25, -0.2) is 4.79 Å². The molecule has 0 aromatic carbocycles. The monoisotopic (exact) mass is 335 g/mol. The number of nitrogens with one attached hydrogen (secondary N) is 1. The number of carbonyl (C=O) groups is 1. The number of carbonyl (C=O) groups excluding carboxylic acids is 1. The van der Waals surface area contributed by atoms with Crippen molar-refractivity contribution in [3.8, 4) is 0 Å². The van der Waals surface area contributed by atoms with Crippen LogP contribution in [0.15, 0.2) is 21.2 Å². The van der Waals surface area contributed by atoms with Gasteiger partial charge in [0.2, 0.25) is 5.89 Å². The summed E-state index contributed by atoms with van der Waals surface area (Å²) < 4.78 is 10.4. The Morgan fingerprint density at radius 1 is 1.50 bits per heavy atom. The Labute approximate surface area is 141 Å². The molecule has 0 aliphatic carbocycles. The number of allylic oxidation sites excluding steroid dienone is 1. The van der Waals surface area contributed by atoms with Crippen LogP contribution in [0.25, 0.3) is 0 Å². The van der Waals surface area contributed by atoms with Gasteiger partial charge in [0.25, 0.3) is 0 Å². The predicted octanol–water partition coefficient (Wildman–Crippen LogP) is 1.93. The molecule has 8 nitrogen and oxygen atoms in total. The number of nitrogens with two attached hydrogens (primary N) is 1. The van der Waals surface area contributed by atoms with Crippen LogP contribution < -0.4 is 11.1 Å². The van der Waals surface area contributed by atoms with Crippen molar-refractivity contribution in [2.45, 2.75) is 51.7 Å². The van der Waals surface area contributed by atoms with E-state index in [0.717, 1.165) is 5.57 Å². The lowest BCUT2D eigenvalue weighted by molar-refractivity contribution is 0.0526. The molecule has 1 aliphatic heterocycles. The van der Waals surface area contributed by atoms with Crippen LogP contribution in [0, 0.1) is 0 Å². The van der Waals surface area contributed by atoms with Crippen molar-refractivity contribution in [1.29, 1.82) is 0 Å². The van der Waals surface area contributed by atoms with Crippen molar-refractivity contribution < 1.29 is 14.1 Å². The molecule has 2 heterocycles. The van der Waals surface area contributed by atoms with Crippen molar-refractivity contribution in [3.05, 3.63) is 23.4 Å². The quantitative estimate of drug-likeness (QED) is 0.736. The van der Waals surface area contributed by atoms with Crippen LogP contribution >= 0.6 is 0 Å². The Morgan fingerprint density at radius 3 is 2.96 bits per heavy atom. The number of amides is 1. The van der Waals surface area contributed by atoms with E-state index in [9.17, 15) is 4.79 Å². The Hall–Kier alpha value is -2.22. The van der Waals surface area contributed by atoms with Crippen LogP contribution in [0.2, 0.25) is 0 Å². The van der Waals surface area contributed by atoms with Gasteiger partial charge in [-0.05, 0) is 39.2 Å². The predicted molar refractivity (Wildman–Crippen MR) is 89.8 cm³/mol. The number of rotatable bonds is 7. The fraction of sp³-hybridized carbons (Fsp3) is 0.625. The maximum absolute atomic E-state index is 11.5. The molecule has 0 bridgehead atoms. The average molecular weight is 335 g/mol. The van der Waals surface area contributed by atoms with Gasteiger partial charge in [-0.1, -0.05) is 11.2 Å². The van der Waals surface area contributed by atoms with E-state index in [4.69, 9.17) is 15.0 Å². The molecule has 1 aromatic heterocycles. The van der Waals surface area contributed by atoms with Crippen molar-refractivity contribution in [3.63, 3.8) is 0 Å². The first kappa shape index (κ1) is 18.1. The van der Waals surface area contributed by atoms with E-state index in [1.807, 2.05) is 33.1 Å². The summed E-state index contributed by atoms with van der Waals surface area (Å²) in [6.45, 7) is 6.66. The van der Waals surface area contributed by atoms with Crippen molar-refractivity contribution in [2.24, 2.45) is 10.7 Å². The topological polar surface area (TPSA) is 116 Å². The molecule has 2 rings (SSSR count). The van der Waals surface area contributed by atoms with Crippen LogP contribution in [0.3, 0.4) is 0 Å². The van der Waals surface area contributed by atoms with E-state index in [0.29, 0.717) is 44.1 Å². The van der Waals surface area contributed by atoms with Crippen LogP contribution in [0.4, 0.5) is 4.79 Å². The average Bonchev–Trinajstić information content (AvgIpc) is 3.13. The highest BCUT2D eigenvalue weighted by Gasteiger charge is 2.17. The van der Waals surface area contributed by atoms with Gasteiger partial charge in [-0.3, -0.25) is 4.99 Å². The minimum absolute atomic E-state index is 0.349. The molecule has 3 N–H and O–H groups in total. The third kappa shape index (κ3) is 6.11. The number of hydrogen-bond donors (Lipinski definition) is 2. The molecule has 8 heteroatoms. The summed E-state index contributed by atoms with van der Waals surface area (Å²) in [5.74, 6) is 1.02. The third-order valence-electron chi connectivity index (χ3n) is 3.24. The second kappa shape index (κ2) is 8.05. The van der Waals surface area contributed by atoms with E-state index in [1.165, 1.54) is 0 Å². The third-order valence-corrected chi connectivity index (χ3v) is 3.24. The van der Waals surface area contributed by atoms with Gasteiger partial charge in [0.15, 0.2) is 5.82 Å². The lowest BCUT2D eigenvalue weighted by atomic mass is 10.1. The smallest absolute Gasteiger partial charge is 0.407 e. The Balaban J connectivity index is 1.69. The first-order valence-electron chi connectivity index (χ1n) is 8.07. The summed E-state index contributed by atoms with van der Waals surface area (Å²) in [4.78, 5) is 20.0. The zero-order chi connectivity index (χ0) is 17.6. The summed E-state index contributed by atoms with van der Waals surface area (Å²) in [7, 11) is 0. The molecule has 0 fully saturated rings. The molecular formula is C16H25N5O3. The summed E-state index contributed by atoms with van der Waals surface area (Å²) in [6.07, 6.45) is 5.33. The van der Waals surface area contributed by atoms with E-state index in [1.54, 1.807) is 0 Å². The second-order valence-electron chi connectivity index (χ2n) is 6.68. The number of aliphatic imine (C=N–C) groups is 1. The summed E-state index contributed by atoms with van der Waals surface area (Å²) >= 11 is 0. The van der Waals surface area contributed by atoms with Gasteiger partial charge in [0, 0.05) is 19.2 Å². The number of alkyl carbamates (subject to hydrolysis) is 1. The second-order valence-corrected chi connectivity index (χ2v) is 6.68. The molecule has 132 valence electrons. The van der Waals surface area contributed by atoms with Crippen molar-refractivity contribution >= 4 is 12.3 Å².